The Balaban J connectivity index is 1.30. The Morgan fingerprint density at radius 1 is 1.00 bits per heavy atom. The average Bonchev–Trinajstić information content (AvgIpc) is 2.85. The van der Waals surface area contributed by atoms with Crippen LogP contribution in [0.1, 0.15) is 46.8 Å². The van der Waals surface area contributed by atoms with Gasteiger partial charge < -0.3 is 9.64 Å². The van der Waals surface area contributed by atoms with Crippen LogP contribution >= 0.6 is 11.6 Å². The molecule has 0 saturated carbocycles. The number of carbonyl (C=O) groups is 1. The van der Waals surface area contributed by atoms with Gasteiger partial charge in [-0.1, -0.05) is 55.8 Å². The molecule has 0 unspecified atom stereocenters. The molecule has 0 atom stereocenters. The molecule has 4 nitrogen and oxygen atoms in total. The second-order valence-electron chi connectivity index (χ2n) is 9.02. The van der Waals surface area contributed by atoms with Gasteiger partial charge >= 0.3 is 0 Å². The number of halogens is 2. The van der Waals surface area contributed by atoms with Gasteiger partial charge in [0.25, 0.3) is 5.91 Å². The Kier molecular flexibility index (Phi) is 7.86. The van der Waals surface area contributed by atoms with Gasteiger partial charge in [-0.15, -0.1) is 0 Å². The van der Waals surface area contributed by atoms with Gasteiger partial charge in [-0.25, -0.2) is 4.39 Å². The fourth-order valence-corrected chi connectivity index (χ4v) is 4.32. The van der Waals surface area contributed by atoms with Crippen molar-refractivity contribution in [3.05, 3.63) is 99.8 Å². The maximum atomic E-state index is 13.3. The van der Waals surface area contributed by atoms with Crippen LogP contribution in [0.3, 0.4) is 0 Å². The van der Waals surface area contributed by atoms with Crippen molar-refractivity contribution in [3.8, 4) is 5.75 Å². The molecule has 0 spiro atoms. The molecule has 0 bridgehead atoms. The molecule has 0 aromatic heterocycles. The van der Waals surface area contributed by atoms with Crippen LogP contribution in [-0.2, 0) is 13.2 Å². The van der Waals surface area contributed by atoms with Crippen LogP contribution in [0.25, 0.3) is 0 Å². The fourth-order valence-electron chi connectivity index (χ4n) is 4.09. The summed E-state index contributed by atoms with van der Waals surface area (Å²) in [5.74, 6) is 1.00. The number of rotatable bonds is 7. The van der Waals surface area contributed by atoms with Gasteiger partial charge in [0.15, 0.2) is 0 Å². The lowest BCUT2D eigenvalue weighted by molar-refractivity contribution is 0.0628. The second-order valence-corrected chi connectivity index (χ2v) is 9.42. The molecule has 1 amide bonds. The van der Waals surface area contributed by atoms with Gasteiger partial charge in [0.1, 0.15) is 18.2 Å². The van der Waals surface area contributed by atoms with Crippen molar-refractivity contribution in [2.45, 2.75) is 32.9 Å². The Morgan fingerprint density at radius 2 is 1.74 bits per heavy atom. The van der Waals surface area contributed by atoms with E-state index in [1.54, 1.807) is 6.07 Å². The monoisotopic (exact) mass is 480 g/mol. The van der Waals surface area contributed by atoms with Gasteiger partial charge in [0.05, 0.1) is 0 Å². The van der Waals surface area contributed by atoms with Crippen molar-refractivity contribution in [1.82, 2.24) is 9.80 Å². The summed E-state index contributed by atoms with van der Waals surface area (Å²) in [5, 5.41) is 0.438. The standard InChI is InChI=1S/C28H30ClFN2O2/c1-20(2)22-7-10-26(11-8-22)34-19-21-4-3-5-23(16-21)28(33)32-14-12-31(13-15-32)18-24-6-9-25(30)17-27(24)29/h3-11,16-17,20H,12-15,18-19H2,1-2H3. The number of hydrogen-bond acceptors (Lipinski definition) is 3. The highest BCUT2D eigenvalue weighted by Crippen LogP contribution is 2.21. The number of piperazine rings is 1. The predicted octanol–water partition coefficient (Wildman–Crippen LogP) is 6.14. The molecule has 3 aromatic carbocycles. The SMILES string of the molecule is CC(C)c1ccc(OCc2cccc(C(=O)N3CCN(Cc4ccc(F)cc4Cl)CC3)c2)cc1. The first-order valence-electron chi connectivity index (χ1n) is 11.7. The quantitative estimate of drug-likeness (QED) is 0.407. The van der Waals surface area contributed by atoms with E-state index in [0.717, 1.165) is 30.0 Å². The molecular formula is C28H30ClFN2O2. The van der Waals surface area contributed by atoms with Crippen LogP contribution in [0.5, 0.6) is 5.75 Å². The van der Waals surface area contributed by atoms with Crippen LogP contribution in [0.2, 0.25) is 5.02 Å². The van der Waals surface area contributed by atoms with Gasteiger partial charge in [-0.05, 0) is 59.0 Å². The van der Waals surface area contributed by atoms with Gasteiger partial charge in [-0.3, -0.25) is 9.69 Å². The fraction of sp³-hybridized carbons (Fsp3) is 0.321. The first kappa shape index (κ1) is 24.2. The summed E-state index contributed by atoms with van der Waals surface area (Å²) in [6, 6.07) is 20.3. The Hall–Kier alpha value is -2.89. The molecule has 3 aromatic rings. The molecule has 6 heteroatoms. The molecule has 0 aliphatic carbocycles. The number of carbonyl (C=O) groups excluding carboxylic acids is 1. The minimum atomic E-state index is -0.333. The summed E-state index contributed by atoms with van der Waals surface area (Å²) in [5.41, 5.74) is 3.81. The van der Waals surface area contributed by atoms with E-state index >= 15 is 0 Å². The number of nitrogens with zero attached hydrogens (tertiary/aromatic N) is 2. The number of amides is 1. The van der Waals surface area contributed by atoms with E-state index in [1.165, 1.54) is 17.7 Å². The van der Waals surface area contributed by atoms with Crippen LogP contribution in [-0.4, -0.2) is 41.9 Å². The first-order chi connectivity index (χ1) is 16.4. The molecular weight excluding hydrogens is 451 g/mol. The van der Waals surface area contributed by atoms with Gasteiger partial charge in [-0.2, -0.15) is 0 Å². The van der Waals surface area contributed by atoms with E-state index in [4.69, 9.17) is 16.3 Å². The summed E-state index contributed by atoms with van der Waals surface area (Å²) in [6.07, 6.45) is 0. The first-order valence-corrected chi connectivity index (χ1v) is 12.0. The molecule has 1 saturated heterocycles. The van der Waals surface area contributed by atoms with E-state index < -0.39 is 0 Å². The summed E-state index contributed by atoms with van der Waals surface area (Å²) >= 11 is 6.17. The minimum absolute atomic E-state index is 0.0302. The van der Waals surface area contributed by atoms with E-state index in [1.807, 2.05) is 41.3 Å². The lowest BCUT2D eigenvalue weighted by Crippen LogP contribution is -2.48. The minimum Gasteiger partial charge on any atom is -0.489 e. The number of ether oxygens (including phenoxy) is 1. The largest absolute Gasteiger partial charge is 0.489 e. The zero-order chi connectivity index (χ0) is 24.1. The third kappa shape index (κ3) is 6.16. The molecule has 1 fully saturated rings. The van der Waals surface area contributed by atoms with E-state index in [2.05, 4.69) is 30.9 Å². The van der Waals surface area contributed by atoms with Crippen molar-refractivity contribution >= 4 is 17.5 Å². The predicted molar refractivity (Wildman–Crippen MR) is 134 cm³/mol. The molecule has 34 heavy (non-hydrogen) atoms. The van der Waals surface area contributed by atoms with Crippen molar-refractivity contribution in [1.29, 1.82) is 0 Å². The third-order valence-corrected chi connectivity index (χ3v) is 6.55. The Morgan fingerprint density at radius 3 is 2.41 bits per heavy atom. The second kappa shape index (κ2) is 11.0. The smallest absolute Gasteiger partial charge is 0.253 e. The molecule has 178 valence electrons. The lowest BCUT2D eigenvalue weighted by atomic mass is 10.0. The Labute approximate surface area is 205 Å². The maximum absolute atomic E-state index is 13.3. The average molecular weight is 481 g/mol. The zero-order valence-corrected chi connectivity index (χ0v) is 20.4. The van der Waals surface area contributed by atoms with Crippen LogP contribution in [0.4, 0.5) is 4.39 Å². The van der Waals surface area contributed by atoms with Crippen LogP contribution in [0, 0.1) is 5.82 Å². The van der Waals surface area contributed by atoms with Crippen LogP contribution < -0.4 is 4.74 Å². The molecule has 1 heterocycles. The van der Waals surface area contributed by atoms with E-state index in [0.29, 0.717) is 42.7 Å². The highest BCUT2D eigenvalue weighted by Gasteiger charge is 2.23. The van der Waals surface area contributed by atoms with Crippen molar-refractivity contribution in [3.63, 3.8) is 0 Å². The molecule has 1 aliphatic heterocycles. The number of hydrogen-bond donors (Lipinski definition) is 0. The molecule has 0 N–H and O–H groups in total. The van der Waals surface area contributed by atoms with E-state index in [-0.39, 0.29) is 11.7 Å². The topological polar surface area (TPSA) is 32.8 Å². The lowest BCUT2D eigenvalue weighted by Gasteiger charge is -2.35. The molecule has 0 radical (unpaired) electrons. The van der Waals surface area contributed by atoms with Gasteiger partial charge in [0, 0.05) is 43.3 Å². The Bertz CT molecular complexity index is 1130. The summed E-state index contributed by atoms with van der Waals surface area (Å²) in [6.45, 7) is 8.16. The summed E-state index contributed by atoms with van der Waals surface area (Å²) in [4.78, 5) is 17.2. The van der Waals surface area contributed by atoms with Gasteiger partial charge in [0.2, 0.25) is 0 Å². The highest BCUT2D eigenvalue weighted by molar-refractivity contribution is 6.31. The molecule has 4 rings (SSSR count). The van der Waals surface area contributed by atoms with Crippen molar-refractivity contribution in [2.75, 3.05) is 26.2 Å². The van der Waals surface area contributed by atoms with Crippen molar-refractivity contribution < 1.29 is 13.9 Å². The summed E-state index contributed by atoms with van der Waals surface area (Å²) < 4.78 is 19.2. The van der Waals surface area contributed by atoms with E-state index in [9.17, 15) is 9.18 Å². The number of benzene rings is 3. The van der Waals surface area contributed by atoms with Crippen molar-refractivity contribution in [2.24, 2.45) is 0 Å². The zero-order valence-electron chi connectivity index (χ0n) is 19.6. The third-order valence-electron chi connectivity index (χ3n) is 6.19. The van der Waals surface area contributed by atoms with Crippen LogP contribution in [0.15, 0.2) is 66.7 Å². The highest BCUT2D eigenvalue weighted by atomic mass is 35.5. The maximum Gasteiger partial charge on any atom is 0.253 e. The molecule has 1 aliphatic rings. The normalized spacial score (nSPS) is 14.4. The summed E-state index contributed by atoms with van der Waals surface area (Å²) in [7, 11) is 0.